The number of aliphatic hydroxyl groups is 1. The number of carbonyl (C=O) groups excluding carboxylic acids is 3. The quantitative estimate of drug-likeness (QED) is 0.355. The summed E-state index contributed by atoms with van der Waals surface area (Å²) < 4.78 is 1.54. The van der Waals surface area contributed by atoms with Gasteiger partial charge in [0.1, 0.15) is 10.3 Å². The molecule has 0 atom stereocenters. The van der Waals surface area contributed by atoms with Crippen molar-refractivity contribution in [1.29, 1.82) is 0 Å². The predicted molar refractivity (Wildman–Crippen MR) is 118 cm³/mol. The van der Waals surface area contributed by atoms with Crippen LogP contribution >= 0.6 is 23.2 Å². The molecule has 3 rings (SSSR count). The van der Waals surface area contributed by atoms with E-state index in [2.05, 4.69) is 15.6 Å². The van der Waals surface area contributed by atoms with Crippen LogP contribution in [-0.2, 0) is 11.8 Å². The van der Waals surface area contributed by atoms with Gasteiger partial charge in [0.2, 0.25) is 0 Å². The molecule has 8 nitrogen and oxygen atoms in total. The average molecular weight is 467 g/mol. The van der Waals surface area contributed by atoms with E-state index in [4.69, 9.17) is 23.2 Å². The van der Waals surface area contributed by atoms with Gasteiger partial charge in [0.25, 0.3) is 17.6 Å². The summed E-state index contributed by atoms with van der Waals surface area (Å²) in [5.74, 6) is -1.88. The fourth-order valence-electron chi connectivity index (χ4n) is 3.94. The molecule has 31 heavy (non-hydrogen) atoms. The Kier molecular flexibility index (Phi) is 7.03. The SMILES string of the molecule is Cc1c(C(=O)Nc2cc(Cl)nc(Cl)c2)c(C)n(C)c1C(=O)C(=O)NC1CCC(O)CC1. The second-order valence-electron chi connectivity index (χ2n) is 7.76. The number of hydrogen-bond donors (Lipinski definition) is 3. The highest BCUT2D eigenvalue weighted by Crippen LogP contribution is 2.25. The molecular weight excluding hydrogens is 443 g/mol. The van der Waals surface area contributed by atoms with Gasteiger partial charge in [-0.3, -0.25) is 14.4 Å². The summed E-state index contributed by atoms with van der Waals surface area (Å²) in [5, 5.41) is 15.3. The number of hydrogen-bond acceptors (Lipinski definition) is 5. The van der Waals surface area contributed by atoms with Crippen LogP contribution in [-0.4, -0.2) is 44.4 Å². The highest BCUT2D eigenvalue weighted by molar-refractivity contribution is 6.43. The van der Waals surface area contributed by atoms with Gasteiger partial charge < -0.3 is 20.3 Å². The van der Waals surface area contributed by atoms with Crippen molar-refractivity contribution in [1.82, 2.24) is 14.9 Å². The fraction of sp³-hybridized carbons (Fsp3) is 0.429. The summed E-state index contributed by atoms with van der Waals surface area (Å²) in [4.78, 5) is 42.2. The van der Waals surface area contributed by atoms with E-state index in [1.807, 2.05) is 0 Å². The van der Waals surface area contributed by atoms with Crippen LogP contribution in [0.3, 0.4) is 0 Å². The van der Waals surface area contributed by atoms with Gasteiger partial charge >= 0.3 is 0 Å². The molecule has 1 aliphatic carbocycles. The molecular formula is C21H24Cl2N4O4. The summed E-state index contributed by atoms with van der Waals surface area (Å²) in [6, 6.07) is 2.77. The number of aliphatic hydroxyl groups excluding tert-OH is 1. The minimum Gasteiger partial charge on any atom is -0.393 e. The fourth-order valence-corrected chi connectivity index (χ4v) is 4.40. The highest BCUT2D eigenvalue weighted by atomic mass is 35.5. The number of rotatable bonds is 5. The number of ketones is 1. The highest BCUT2D eigenvalue weighted by Gasteiger charge is 2.30. The summed E-state index contributed by atoms with van der Waals surface area (Å²) in [5.41, 5.74) is 1.76. The number of carbonyl (C=O) groups is 3. The Balaban J connectivity index is 1.81. The Morgan fingerprint density at radius 2 is 1.68 bits per heavy atom. The van der Waals surface area contributed by atoms with E-state index in [-0.39, 0.29) is 28.1 Å². The Morgan fingerprint density at radius 3 is 2.26 bits per heavy atom. The molecule has 1 aliphatic rings. The van der Waals surface area contributed by atoms with E-state index >= 15 is 0 Å². The first-order valence-corrected chi connectivity index (χ1v) is 10.7. The molecule has 10 heteroatoms. The van der Waals surface area contributed by atoms with Crippen molar-refractivity contribution in [3.05, 3.63) is 45.0 Å². The zero-order valence-corrected chi connectivity index (χ0v) is 19.0. The van der Waals surface area contributed by atoms with E-state index in [9.17, 15) is 19.5 Å². The van der Waals surface area contributed by atoms with Crippen LogP contribution in [0.1, 0.15) is 57.8 Å². The third-order valence-corrected chi connectivity index (χ3v) is 6.02. The van der Waals surface area contributed by atoms with Crippen molar-refractivity contribution >= 4 is 46.5 Å². The summed E-state index contributed by atoms with van der Waals surface area (Å²) in [6.07, 6.45) is 2.07. The molecule has 1 fully saturated rings. The molecule has 2 heterocycles. The molecule has 3 N–H and O–H groups in total. The minimum absolute atomic E-state index is 0.132. The molecule has 0 saturated heterocycles. The zero-order valence-electron chi connectivity index (χ0n) is 17.5. The van der Waals surface area contributed by atoms with Gasteiger partial charge in [0, 0.05) is 24.5 Å². The van der Waals surface area contributed by atoms with E-state index in [0.29, 0.717) is 48.2 Å². The van der Waals surface area contributed by atoms with Crippen LogP contribution in [0.5, 0.6) is 0 Å². The maximum Gasteiger partial charge on any atom is 0.294 e. The summed E-state index contributed by atoms with van der Waals surface area (Å²) in [6.45, 7) is 3.33. The number of anilines is 1. The van der Waals surface area contributed by atoms with Gasteiger partial charge in [-0.1, -0.05) is 23.2 Å². The van der Waals surface area contributed by atoms with E-state index in [1.54, 1.807) is 25.5 Å². The number of nitrogens with zero attached hydrogens (tertiary/aromatic N) is 2. The van der Waals surface area contributed by atoms with Crippen LogP contribution in [0.25, 0.3) is 0 Å². The lowest BCUT2D eigenvalue weighted by Gasteiger charge is -2.25. The molecule has 0 unspecified atom stereocenters. The molecule has 2 amide bonds. The van der Waals surface area contributed by atoms with Gasteiger partial charge in [-0.15, -0.1) is 0 Å². The molecule has 2 aromatic rings. The number of amides is 2. The Morgan fingerprint density at radius 1 is 1.10 bits per heavy atom. The first kappa shape index (κ1) is 23.2. The lowest BCUT2D eigenvalue weighted by atomic mass is 9.93. The normalized spacial score (nSPS) is 18.5. The second-order valence-corrected chi connectivity index (χ2v) is 8.53. The number of halogens is 2. The lowest BCUT2D eigenvalue weighted by Crippen LogP contribution is -2.42. The zero-order chi connectivity index (χ0) is 22.9. The minimum atomic E-state index is -0.718. The van der Waals surface area contributed by atoms with Crippen molar-refractivity contribution in [3.8, 4) is 0 Å². The van der Waals surface area contributed by atoms with Gasteiger partial charge in [0.05, 0.1) is 17.4 Å². The maximum absolute atomic E-state index is 12.9. The first-order valence-electron chi connectivity index (χ1n) is 9.92. The van der Waals surface area contributed by atoms with Gasteiger partial charge in [-0.05, 0) is 57.2 Å². The van der Waals surface area contributed by atoms with Crippen LogP contribution in [0.15, 0.2) is 12.1 Å². The molecule has 0 aromatic carbocycles. The lowest BCUT2D eigenvalue weighted by molar-refractivity contribution is -0.118. The number of Topliss-reactive ketones (excluding diaryl/α,β-unsaturated/α-hetero) is 1. The standard InChI is InChI=1S/C21H24Cl2N4O4/c1-10-17(20(30)25-13-8-15(22)26-16(23)9-13)11(2)27(3)18(10)19(29)21(31)24-12-4-6-14(28)7-5-12/h8-9,12,14,28H,4-7H2,1-3H3,(H,24,31)(H,25,26,30). The number of pyridine rings is 1. The van der Waals surface area contributed by atoms with E-state index in [1.165, 1.54) is 12.1 Å². The van der Waals surface area contributed by atoms with Crippen LogP contribution in [0, 0.1) is 13.8 Å². The average Bonchev–Trinajstić information content (AvgIpc) is 2.90. The van der Waals surface area contributed by atoms with Crippen molar-refractivity contribution in [3.63, 3.8) is 0 Å². The molecule has 0 spiro atoms. The molecule has 0 bridgehead atoms. The van der Waals surface area contributed by atoms with Crippen LogP contribution in [0.4, 0.5) is 5.69 Å². The van der Waals surface area contributed by atoms with E-state index in [0.717, 1.165) is 0 Å². The Hall–Kier alpha value is -2.42. The largest absolute Gasteiger partial charge is 0.393 e. The van der Waals surface area contributed by atoms with Crippen molar-refractivity contribution in [2.45, 2.75) is 51.7 Å². The molecule has 1 saturated carbocycles. The van der Waals surface area contributed by atoms with Crippen molar-refractivity contribution in [2.75, 3.05) is 5.32 Å². The van der Waals surface area contributed by atoms with Crippen molar-refractivity contribution < 1.29 is 19.5 Å². The van der Waals surface area contributed by atoms with Crippen molar-refractivity contribution in [2.24, 2.45) is 7.05 Å². The molecule has 2 aromatic heterocycles. The maximum atomic E-state index is 12.9. The number of nitrogens with one attached hydrogen (secondary N) is 2. The second kappa shape index (κ2) is 9.38. The van der Waals surface area contributed by atoms with Crippen LogP contribution in [0.2, 0.25) is 10.3 Å². The summed E-state index contributed by atoms with van der Waals surface area (Å²) in [7, 11) is 1.64. The monoisotopic (exact) mass is 466 g/mol. The first-order chi connectivity index (χ1) is 14.6. The molecule has 166 valence electrons. The van der Waals surface area contributed by atoms with Gasteiger partial charge in [0.15, 0.2) is 0 Å². The summed E-state index contributed by atoms with van der Waals surface area (Å²) >= 11 is 11.8. The molecule has 0 aliphatic heterocycles. The predicted octanol–water partition coefficient (Wildman–Crippen LogP) is 3.20. The van der Waals surface area contributed by atoms with E-state index < -0.39 is 17.6 Å². The molecule has 0 radical (unpaired) electrons. The Labute approximate surface area is 189 Å². The van der Waals surface area contributed by atoms with Crippen LogP contribution < -0.4 is 10.6 Å². The third kappa shape index (κ3) is 5.08. The van der Waals surface area contributed by atoms with Gasteiger partial charge in [-0.2, -0.15) is 0 Å². The van der Waals surface area contributed by atoms with Gasteiger partial charge in [-0.25, -0.2) is 4.98 Å². The number of aromatic nitrogens is 2. The third-order valence-electron chi connectivity index (χ3n) is 5.63. The Bertz CT molecular complexity index is 1020. The topological polar surface area (TPSA) is 113 Å². The smallest absolute Gasteiger partial charge is 0.294 e.